The number of aryl methyl sites for hydroxylation is 1. The number of esters is 1. The van der Waals surface area contributed by atoms with E-state index >= 15 is 0 Å². The van der Waals surface area contributed by atoms with Crippen LogP contribution >= 0.6 is 0 Å². The van der Waals surface area contributed by atoms with Crippen molar-refractivity contribution in [2.75, 3.05) is 19.9 Å². The van der Waals surface area contributed by atoms with Gasteiger partial charge in [-0.05, 0) is 37.6 Å². The standard InChI is InChI=1S/C21H23NO5/c1-3-25-20(23)10-11-22(13-16-6-4-15(2)5-7-16)21(24)17-8-9-18-19(12-17)27-14-26-18/h4-9,12H,3,10-11,13-14H2,1-2H3. The average Bonchev–Trinajstić information content (AvgIpc) is 3.14. The van der Waals surface area contributed by atoms with Crippen molar-refractivity contribution < 1.29 is 23.8 Å². The zero-order valence-corrected chi connectivity index (χ0v) is 15.6. The molecular weight excluding hydrogens is 346 g/mol. The number of nitrogens with zero attached hydrogens (tertiary/aromatic N) is 1. The van der Waals surface area contributed by atoms with Crippen molar-refractivity contribution in [2.24, 2.45) is 0 Å². The van der Waals surface area contributed by atoms with Crippen LogP contribution in [-0.4, -0.2) is 36.7 Å². The Hall–Kier alpha value is -3.02. The molecule has 1 aliphatic rings. The SMILES string of the molecule is CCOC(=O)CCN(Cc1ccc(C)cc1)C(=O)c1ccc2c(c1)OCO2. The van der Waals surface area contributed by atoms with Gasteiger partial charge in [0.2, 0.25) is 6.79 Å². The fraction of sp³-hybridized carbons (Fsp3) is 0.333. The maximum Gasteiger partial charge on any atom is 0.307 e. The highest BCUT2D eigenvalue weighted by atomic mass is 16.7. The van der Waals surface area contributed by atoms with Gasteiger partial charge in [0.15, 0.2) is 11.5 Å². The number of carbonyl (C=O) groups is 2. The van der Waals surface area contributed by atoms with Gasteiger partial charge >= 0.3 is 5.97 Å². The Balaban J connectivity index is 1.77. The molecule has 142 valence electrons. The van der Waals surface area contributed by atoms with Crippen LogP contribution in [-0.2, 0) is 16.1 Å². The van der Waals surface area contributed by atoms with E-state index in [2.05, 4.69) is 0 Å². The van der Waals surface area contributed by atoms with Crippen molar-refractivity contribution in [3.63, 3.8) is 0 Å². The summed E-state index contributed by atoms with van der Waals surface area (Å²) in [4.78, 5) is 26.5. The van der Waals surface area contributed by atoms with Gasteiger partial charge in [0.1, 0.15) is 0 Å². The molecule has 0 fully saturated rings. The highest BCUT2D eigenvalue weighted by molar-refractivity contribution is 5.95. The van der Waals surface area contributed by atoms with Gasteiger partial charge in [0.25, 0.3) is 5.91 Å². The zero-order chi connectivity index (χ0) is 19.2. The van der Waals surface area contributed by atoms with Gasteiger partial charge in [0, 0.05) is 18.7 Å². The van der Waals surface area contributed by atoms with Crippen molar-refractivity contribution in [2.45, 2.75) is 26.8 Å². The number of fused-ring (bicyclic) bond motifs is 1. The molecule has 0 N–H and O–H groups in total. The third kappa shape index (κ3) is 4.78. The fourth-order valence-corrected chi connectivity index (χ4v) is 2.84. The third-order valence-corrected chi connectivity index (χ3v) is 4.29. The number of hydrogen-bond donors (Lipinski definition) is 0. The molecule has 6 heteroatoms. The summed E-state index contributed by atoms with van der Waals surface area (Å²) >= 11 is 0. The van der Waals surface area contributed by atoms with E-state index < -0.39 is 0 Å². The first-order chi connectivity index (χ1) is 13.1. The number of benzene rings is 2. The predicted molar refractivity (Wildman–Crippen MR) is 99.7 cm³/mol. The number of ether oxygens (including phenoxy) is 3. The molecule has 0 atom stereocenters. The summed E-state index contributed by atoms with van der Waals surface area (Å²) in [7, 11) is 0. The fourth-order valence-electron chi connectivity index (χ4n) is 2.84. The normalized spacial score (nSPS) is 11.9. The van der Waals surface area contributed by atoms with Crippen molar-refractivity contribution >= 4 is 11.9 Å². The Morgan fingerprint density at radius 2 is 1.81 bits per heavy atom. The molecule has 0 radical (unpaired) electrons. The summed E-state index contributed by atoms with van der Waals surface area (Å²) in [5.41, 5.74) is 2.65. The predicted octanol–water partition coefficient (Wildman–Crippen LogP) is 3.32. The van der Waals surface area contributed by atoms with E-state index in [9.17, 15) is 9.59 Å². The lowest BCUT2D eigenvalue weighted by molar-refractivity contribution is -0.143. The summed E-state index contributed by atoms with van der Waals surface area (Å²) in [6.45, 7) is 4.95. The molecule has 0 saturated carbocycles. The molecule has 1 heterocycles. The van der Waals surface area contributed by atoms with Crippen molar-refractivity contribution in [3.8, 4) is 11.5 Å². The molecule has 1 amide bonds. The molecule has 0 spiro atoms. The summed E-state index contributed by atoms with van der Waals surface area (Å²) in [5.74, 6) is 0.702. The molecule has 0 aromatic heterocycles. The second-order valence-corrected chi connectivity index (χ2v) is 6.34. The van der Waals surface area contributed by atoms with E-state index in [1.807, 2.05) is 31.2 Å². The van der Waals surface area contributed by atoms with Crippen LogP contribution in [0.4, 0.5) is 0 Å². The Morgan fingerprint density at radius 1 is 1.07 bits per heavy atom. The molecule has 0 bridgehead atoms. The average molecular weight is 369 g/mol. The second kappa shape index (κ2) is 8.58. The topological polar surface area (TPSA) is 65.1 Å². The van der Waals surface area contributed by atoms with Gasteiger partial charge in [-0.25, -0.2) is 0 Å². The monoisotopic (exact) mass is 369 g/mol. The Morgan fingerprint density at radius 3 is 2.56 bits per heavy atom. The van der Waals surface area contributed by atoms with Crippen LogP contribution in [0, 0.1) is 6.92 Å². The highest BCUT2D eigenvalue weighted by Crippen LogP contribution is 2.33. The van der Waals surface area contributed by atoms with Crippen LogP contribution < -0.4 is 9.47 Å². The van der Waals surface area contributed by atoms with Crippen LogP contribution in [0.2, 0.25) is 0 Å². The third-order valence-electron chi connectivity index (χ3n) is 4.29. The van der Waals surface area contributed by atoms with E-state index in [0.29, 0.717) is 30.2 Å². The summed E-state index contributed by atoms with van der Waals surface area (Å²) in [6.07, 6.45) is 0.149. The molecule has 0 unspecified atom stereocenters. The molecule has 2 aromatic rings. The molecule has 0 aliphatic carbocycles. The van der Waals surface area contributed by atoms with E-state index in [-0.39, 0.29) is 31.6 Å². The van der Waals surface area contributed by atoms with Crippen LogP contribution in [0.3, 0.4) is 0 Å². The van der Waals surface area contributed by atoms with E-state index in [1.54, 1.807) is 30.0 Å². The Labute approximate surface area is 158 Å². The van der Waals surface area contributed by atoms with Crippen molar-refractivity contribution in [3.05, 3.63) is 59.2 Å². The van der Waals surface area contributed by atoms with E-state index in [0.717, 1.165) is 11.1 Å². The number of amides is 1. The minimum Gasteiger partial charge on any atom is -0.466 e. The van der Waals surface area contributed by atoms with Crippen molar-refractivity contribution in [1.29, 1.82) is 0 Å². The quantitative estimate of drug-likeness (QED) is 0.701. The minimum absolute atomic E-state index is 0.149. The van der Waals surface area contributed by atoms with Crippen LogP contribution in [0.1, 0.15) is 34.8 Å². The molecular formula is C21H23NO5. The summed E-state index contributed by atoms with van der Waals surface area (Å²) in [5, 5.41) is 0. The molecule has 1 aliphatic heterocycles. The highest BCUT2D eigenvalue weighted by Gasteiger charge is 2.21. The summed E-state index contributed by atoms with van der Waals surface area (Å²) < 4.78 is 15.7. The van der Waals surface area contributed by atoms with Gasteiger partial charge < -0.3 is 19.1 Å². The van der Waals surface area contributed by atoms with Crippen LogP contribution in [0.15, 0.2) is 42.5 Å². The van der Waals surface area contributed by atoms with Gasteiger partial charge in [0.05, 0.1) is 13.0 Å². The Kier molecular flexibility index (Phi) is 5.96. The molecule has 3 rings (SSSR count). The first-order valence-electron chi connectivity index (χ1n) is 8.97. The largest absolute Gasteiger partial charge is 0.466 e. The lowest BCUT2D eigenvalue weighted by Gasteiger charge is -2.23. The lowest BCUT2D eigenvalue weighted by Crippen LogP contribution is -2.33. The maximum absolute atomic E-state index is 13.1. The number of rotatable bonds is 7. The smallest absolute Gasteiger partial charge is 0.307 e. The number of carbonyl (C=O) groups excluding carboxylic acids is 2. The molecule has 27 heavy (non-hydrogen) atoms. The molecule has 2 aromatic carbocycles. The summed E-state index contributed by atoms with van der Waals surface area (Å²) in [6, 6.07) is 13.1. The van der Waals surface area contributed by atoms with Gasteiger partial charge in [-0.2, -0.15) is 0 Å². The van der Waals surface area contributed by atoms with Gasteiger partial charge in [-0.3, -0.25) is 9.59 Å². The van der Waals surface area contributed by atoms with Crippen LogP contribution in [0.5, 0.6) is 11.5 Å². The van der Waals surface area contributed by atoms with Gasteiger partial charge in [-0.1, -0.05) is 29.8 Å². The lowest BCUT2D eigenvalue weighted by atomic mass is 10.1. The first-order valence-corrected chi connectivity index (χ1v) is 8.97. The minimum atomic E-state index is -0.315. The van der Waals surface area contributed by atoms with Crippen LogP contribution in [0.25, 0.3) is 0 Å². The number of hydrogen-bond acceptors (Lipinski definition) is 5. The maximum atomic E-state index is 13.1. The zero-order valence-electron chi connectivity index (χ0n) is 15.6. The van der Waals surface area contributed by atoms with Gasteiger partial charge in [-0.15, -0.1) is 0 Å². The molecule has 0 saturated heterocycles. The second-order valence-electron chi connectivity index (χ2n) is 6.34. The van der Waals surface area contributed by atoms with E-state index in [1.165, 1.54) is 0 Å². The Bertz CT molecular complexity index is 816. The van der Waals surface area contributed by atoms with Crippen molar-refractivity contribution in [1.82, 2.24) is 4.90 Å². The molecule has 6 nitrogen and oxygen atoms in total. The first kappa shape index (κ1) is 18.8. The van der Waals surface area contributed by atoms with E-state index in [4.69, 9.17) is 14.2 Å².